The molecule has 2 aromatic rings. The SMILES string of the molecule is O=Cc1cc(F)cc(OCc2c(F)ccc(Br)c2F)c1. The van der Waals surface area contributed by atoms with Crippen LogP contribution in [0.3, 0.4) is 0 Å². The van der Waals surface area contributed by atoms with Gasteiger partial charge in [-0.25, -0.2) is 13.2 Å². The number of rotatable bonds is 4. The van der Waals surface area contributed by atoms with Crippen LogP contribution in [-0.4, -0.2) is 6.29 Å². The maximum atomic E-state index is 13.7. The van der Waals surface area contributed by atoms with E-state index in [1.165, 1.54) is 12.1 Å². The van der Waals surface area contributed by atoms with Crippen LogP contribution in [0.1, 0.15) is 15.9 Å². The topological polar surface area (TPSA) is 26.3 Å². The Morgan fingerprint density at radius 1 is 1.15 bits per heavy atom. The summed E-state index contributed by atoms with van der Waals surface area (Å²) in [5.41, 5.74) is -0.202. The van der Waals surface area contributed by atoms with Gasteiger partial charge in [-0.3, -0.25) is 4.79 Å². The van der Waals surface area contributed by atoms with Crippen molar-refractivity contribution in [2.75, 3.05) is 0 Å². The smallest absolute Gasteiger partial charge is 0.150 e. The second-order valence-corrected chi connectivity index (χ2v) is 4.80. The number of aldehydes is 1. The van der Waals surface area contributed by atoms with Crippen molar-refractivity contribution in [2.24, 2.45) is 0 Å². The zero-order valence-corrected chi connectivity index (χ0v) is 11.6. The number of ether oxygens (including phenoxy) is 1. The summed E-state index contributed by atoms with van der Waals surface area (Å²) in [6, 6.07) is 5.67. The lowest BCUT2D eigenvalue weighted by Crippen LogP contribution is -2.03. The Hall–Kier alpha value is -1.82. The van der Waals surface area contributed by atoms with Gasteiger partial charge < -0.3 is 4.74 Å². The molecule has 0 aliphatic rings. The van der Waals surface area contributed by atoms with E-state index in [1.54, 1.807) is 0 Å². The lowest BCUT2D eigenvalue weighted by molar-refractivity contribution is 0.112. The van der Waals surface area contributed by atoms with Crippen LogP contribution in [0.5, 0.6) is 5.75 Å². The van der Waals surface area contributed by atoms with Gasteiger partial charge in [-0.15, -0.1) is 0 Å². The Bertz CT molecular complexity index is 659. The molecule has 0 atom stereocenters. The highest BCUT2D eigenvalue weighted by Crippen LogP contribution is 2.24. The molecular formula is C14H8BrF3O2. The molecule has 0 aliphatic carbocycles. The Labute approximate surface area is 121 Å². The number of benzene rings is 2. The lowest BCUT2D eigenvalue weighted by atomic mass is 10.2. The summed E-state index contributed by atoms with van der Waals surface area (Å²) in [5.74, 6) is -2.19. The fourth-order valence-electron chi connectivity index (χ4n) is 1.59. The molecule has 0 spiro atoms. The van der Waals surface area contributed by atoms with Gasteiger partial charge in [0.15, 0.2) is 0 Å². The molecule has 0 unspecified atom stereocenters. The number of carbonyl (C=O) groups excluding carboxylic acids is 1. The molecule has 6 heteroatoms. The van der Waals surface area contributed by atoms with E-state index in [2.05, 4.69) is 15.9 Å². The van der Waals surface area contributed by atoms with Crippen LogP contribution in [-0.2, 0) is 6.61 Å². The summed E-state index contributed by atoms with van der Waals surface area (Å²) >= 11 is 2.94. The van der Waals surface area contributed by atoms with Gasteiger partial charge in [-0.2, -0.15) is 0 Å². The minimum atomic E-state index is -0.781. The third kappa shape index (κ3) is 3.19. The number of hydrogen-bond donors (Lipinski definition) is 0. The van der Waals surface area contributed by atoms with Crippen LogP contribution in [0.15, 0.2) is 34.8 Å². The first-order valence-electron chi connectivity index (χ1n) is 5.52. The molecule has 20 heavy (non-hydrogen) atoms. The fourth-order valence-corrected chi connectivity index (χ4v) is 1.96. The average molecular weight is 345 g/mol. The van der Waals surface area contributed by atoms with Crippen LogP contribution in [0.2, 0.25) is 0 Å². The second kappa shape index (κ2) is 6.09. The molecule has 0 amide bonds. The second-order valence-electron chi connectivity index (χ2n) is 3.95. The fraction of sp³-hybridized carbons (Fsp3) is 0.0714. The Morgan fingerprint density at radius 3 is 2.60 bits per heavy atom. The van der Waals surface area contributed by atoms with E-state index in [0.717, 1.165) is 18.2 Å². The summed E-state index contributed by atoms with van der Waals surface area (Å²) in [4.78, 5) is 10.6. The highest BCUT2D eigenvalue weighted by molar-refractivity contribution is 9.10. The zero-order valence-electron chi connectivity index (χ0n) is 10.00. The summed E-state index contributed by atoms with van der Waals surface area (Å²) in [6.45, 7) is -0.418. The molecule has 0 heterocycles. The molecule has 0 aromatic heterocycles. The third-order valence-corrected chi connectivity index (χ3v) is 3.16. The van der Waals surface area contributed by atoms with E-state index in [1.807, 2.05) is 0 Å². The zero-order chi connectivity index (χ0) is 14.7. The maximum absolute atomic E-state index is 13.7. The minimum Gasteiger partial charge on any atom is -0.489 e. The molecule has 104 valence electrons. The highest BCUT2D eigenvalue weighted by atomic mass is 79.9. The molecule has 2 rings (SSSR count). The van der Waals surface area contributed by atoms with Crippen molar-refractivity contribution in [1.82, 2.24) is 0 Å². The highest BCUT2D eigenvalue weighted by Gasteiger charge is 2.13. The Balaban J connectivity index is 2.23. The quantitative estimate of drug-likeness (QED) is 0.612. The summed E-state index contributed by atoms with van der Waals surface area (Å²) in [6.07, 6.45) is 0.455. The molecular weight excluding hydrogens is 337 g/mol. The van der Waals surface area contributed by atoms with Gasteiger partial charge in [0.2, 0.25) is 0 Å². The number of hydrogen-bond acceptors (Lipinski definition) is 2. The summed E-state index contributed by atoms with van der Waals surface area (Å²) < 4.78 is 45.6. The largest absolute Gasteiger partial charge is 0.489 e. The minimum absolute atomic E-state index is 0.0193. The van der Waals surface area contributed by atoms with Crippen molar-refractivity contribution in [3.05, 3.63) is 63.4 Å². The predicted octanol–water partition coefficient (Wildman–Crippen LogP) is 4.26. The van der Waals surface area contributed by atoms with E-state index in [0.29, 0.717) is 6.29 Å². The van der Waals surface area contributed by atoms with Crippen molar-refractivity contribution in [2.45, 2.75) is 6.61 Å². The maximum Gasteiger partial charge on any atom is 0.150 e. The third-order valence-electron chi connectivity index (χ3n) is 2.55. The average Bonchev–Trinajstić information content (AvgIpc) is 2.42. The summed E-state index contributed by atoms with van der Waals surface area (Å²) in [5, 5.41) is 0. The molecule has 0 fully saturated rings. The van der Waals surface area contributed by atoms with Gasteiger partial charge in [0.05, 0.1) is 10.0 Å². The monoisotopic (exact) mass is 344 g/mol. The van der Waals surface area contributed by atoms with E-state index >= 15 is 0 Å². The molecule has 0 N–H and O–H groups in total. The molecule has 0 saturated carbocycles. The predicted molar refractivity (Wildman–Crippen MR) is 70.2 cm³/mol. The molecule has 0 radical (unpaired) electrons. The van der Waals surface area contributed by atoms with Crippen molar-refractivity contribution >= 4 is 22.2 Å². The van der Waals surface area contributed by atoms with Gasteiger partial charge >= 0.3 is 0 Å². The van der Waals surface area contributed by atoms with Crippen LogP contribution in [0.4, 0.5) is 13.2 Å². The molecule has 0 saturated heterocycles. The van der Waals surface area contributed by atoms with Gasteiger partial charge in [-0.05, 0) is 40.2 Å². The van der Waals surface area contributed by atoms with Crippen LogP contribution in [0, 0.1) is 17.5 Å². The normalized spacial score (nSPS) is 10.4. The first-order chi connectivity index (χ1) is 9.51. The van der Waals surface area contributed by atoms with E-state index in [9.17, 15) is 18.0 Å². The summed E-state index contributed by atoms with van der Waals surface area (Å²) in [7, 11) is 0. The lowest BCUT2D eigenvalue weighted by Gasteiger charge is -2.09. The number of halogens is 4. The Morgan fingerprint density at radius 2 is 1.90 bits per heavy atom. The van der Waals surface area contributed by atoms with E-state index in [4.69, 9.17) is 4.74 Å². The van der Waals surface area contributed by atoms with E-state index < -0.39 is 24.1 Å². The van der Waals surface area contributed by atoms with Gasteiger partial charge in [0, 0.05) is 11.6 Å². The van der Waals surface area contributed by atoms with Crippen molar-refractivity contribution in [3.8, 4) is 5.75 Å². The standard InChI is InChI=1S/C14H8BrF3O2/c15-12-1-2-13(17)11(14(12)18)7-20-10-4-8(6-19)3-9(16)5-10/h1-6H,7H2. The first kappa shape index (κ1) is 14.6. The van der Waals surface area contributed by atoms with Crippen molar-refractivity contribution < 1.29 is 22.7 Å². The van der Waals surface area contributed by atoms with Crippen molar-refractivity contribution in [3.63, 3.8) is 0 Å². The molecule has 2 nitrogen and oxygen atoms in total. The number of carbonyl (C=O) groups is 1. The van der Waals surface area contributed by atoms with Crippen LogP contribution < -0.4 is 4.74 Å². The molecule has 0 aliphatic heterocycles. The van der Waals surface area contributed by atoms with Gasteiger partial charge in [0.25, 0.3) is 0 Å². The van der Waals surface area contributed by atoms with Gasteiger partial charge in [-0.1, -0.05) is 0 Å². The Kier molecular flexibility index (Phi) is 4.44. The first-order valence-corrected chi connectivity index (χ1v) is 6.31. The van der Waals surface area contributed by atoms with Gasteiger partial charge in [0.1, 0.15) is 36.1 Å². The van der Waals surface area contributed by atoms with Crippen LogP contribution in [0.25, 0.3) is 0 Å². The van der Waals surface area contributed by atoms with E-state index in [-0.39, 0.29) is 21.3 Å². The molecule has 2 aromatic carbocycles. The van der Waals surface area contributed by atoms with Crippen molar-refractivity contribution in [1.29, 1.82) is 0 Å². The van der Waals surface area contributed by atoms with Crippen LogP contribution >= 0.6 is 15.9 Å². The molecule has 0 bridgehead atoms.